The highest BCUT2D eigenvalue weighted by atomic mass is 16.4. The first kappa shape index (κ1) is 9.71. The zero-order valence-corrected chi connectivity index (χ0v) is 8.83. The van der Waals surface area contributed by atoms with E-state index in [0.717, 1.165) is 11.1 Å². The Balaban J connectivity index is 3.11. The molecule has 2 rings (SSSR count). The summed E-state index contributed by atoms with van der Waals surface area (Å²) in [6.45, 7) is 3.85. The second-order valence-electron chi connectivity index (χ2n) is 3.67. The fourth-order valence-corrected chi connectivity index (χ4v) is 1.54. The number of aryl methyl sites for hydroxylation is 3. The molecule has 1 aromatic carbocycles. The summed E-state index contributed by atoms with van der Waals surface area (Å²) in [7, 11) is 1.59. The van der Waals surface area contributed by atoms with Gasteiger partial charge in [0.15, 0.2) is 0 Å². The van der Waals surface area contributed by atoms with Gasteiger partial charge in [0.1, 0.15) is 0 Å². The molecule has 0 unspecified atom stereocenters. The molecule has 1 heterocycles. The van der Waals surface area contributed by atoms with Gasteiger partial charge in [0, 0.05) is 7.05 Å². The van der Waals surface area contributed by atoms with Gasteiger partial charge in [-0.3, -0.25) is 4.57 Å². The Morgan fingerprint density at radius 1 is 1.13 bits per heavy atom. The third-order valence-electron chi connectivity index (χ3n) is 2.65. The molecule has 0 radical (unpaired) electrons. The average Bonchev–Trinajstić information content (AvgIpc) is 2.18. The van der Waals surface area contributed by atoms with Crippen LogP contribution >= 0.6 is 0 Å². The second-order valence-corrected chi connectivity index (χ2v) is 3.67. The van der Waals surface area contributed by atoms with E-state index in [2.05, 4.69) is 4.42 Å². The summed E-state index contributed by atoms with van der Waals surface area (Å²) in [5, 5.41) is 0.445. The van der Waals surface area contributed by atoms with Crippen molar-refractivity contribution in [2.75, 3.05) is 0 Å². The molecule has 1 aromatic heterocycles. The smallest absolute Gasteiger partial charge is 0.372 e. The van der Waals surface area contributed by atoms with Gasteiger partial charge >= 0.3 is 11.4 Å². The van der Waals surface area contributed by atoms with E-state index in [1.807, 2.05) is 19.9 Å². The van der Waals surface area contributed by atoms with Gasteiger partial charge in [-0.2, -0.15) is 0 Å². The fraction of sp³-hybridized carbons (Fsp3) is 0.273. The normalized spacial score (nSPS) is 10.9. The zero-order chi connectivity index (χ0) is 11.2. The minimum absolute atomic E-state index is 0.445. The number of fused-ring (bicyclic) bond motifs is 1. The van der Waals surface area contributed by atoms with Gasteiger partial charge in [0.25, 0.3) is 0 Å². The molecule has 78 valence electrons. The Bertz CT molecular complexity index is 649. The molecule has 4 heteroatoms. The minimum atomic E-state index is -0.629. The number of rotatable bonds is 0. The minimum Gasteiger partial charge on any atom is -0.372 e. The van der Waals surface area contributed by atoms with Crippen LogP contribution in [-0.2, 0) is 7.05 Å². The SMILES string of the molecule is Cc1cc2c(=O)oc(=O)n(C)c2cc1C. The molecule has 0 atom stereocenters. The van der Waals surface area contributed by atoms with Gasteiger partial charge in [-0.1, -0.05) is 0 Å². The van der Waals surface area contributed by atoms with Crippen molar-refractivity contribution in [3.05, 3.63) is 44.2 Å². The molecule has 0 aliphatic carbocycles. The van der Waals surface area contributed by atoms with Gasteiger partial charge in [0.05, 0.1) is 10.9 Å². The number of benzene rings is 1. The number of aromatic nitrogens is 1. The largest absolute Gasteiger partial charge is 0.422 e. The number of nitrogens with zero attached hydrogens (tertiary/aromatic N) is 1. The first-order chi connectivity index (χ1) is 7.00. The lowest BCUT2D eigenvalue weighted by Gasteiger charge is -2.05. The van der Waals surface area contributed by atoms with Crippen molar-refractivity contribution in [1.29, 1.82) is 0 Å². The third kappa shape index (κ3) is 1.38. The Hall–Kier alpha value is -1.84. The highest BCUT2D eigenvalue weighted by Crippen LogP contribution is 2.14. The summed E-state index contributed by atoms with van der Waals surface area (Å²) in [6.07, 6.45) is 0. The first-order valence-corrected chi connectivity index (χ1v) is 4.62. The van der Waals surface area contributed by atoms with Crippen LogP contribution in [0.5, 0.6) is 0 Å². The Kier molecular flexibility index (Phi) is 2.00. The van der Waals surface area contributed by atoms with Crippen LogP contribution in [0.15, 0.2) is 26.1 Å². The summed E-state index contributed by atoms with van der Waals surface area (Å²) in [5.41, 5.74) is 2.09. The van der Waals surface area contributed by atoms with Crippen LogP contribution in [0, 0.1) is 13.8 Å². The molecule has 0 aliphatic rings. The van der Waals surface area contributed by atoms with E-state index >= 15 is 0 Å². The average molecular weight is 205 g/mol. The lowest BCUT2D eigenvalue weighted by atomic mass is 10.1. The molecule has 2 aromatic rings. The van der Waals surface area contributed by atoms with E-state index in [4.69, 9.17) is 0 Å². The van der Waals surface area contributed by atoms with Gasteiger partial charge < -0.3 is 4.42 Å². The van der Waals surface area contributed by atoms with Gasteiger partial charge in [0.2, 0.25) is 0 Å². The number of hydrogen-bond donors (Lipinski definition) is 0. The molecule has 0 spiro atoms. The molecule has 0 bridgehead atoms. The van der Waals surface area contributed by atoms with E-state index in [1.54, 1.807) is 13.1 Å². The van der Waals surface area contributed by atoms with Crippen molar-refractivity contribution in [2.45, 2.75) is 13.8 Å². The van der Waals surface area contributed by atoms with Crippen LogP contribution in [0.4, 0.5) is 0 Å². The van der Waals surface area contributed by atoms with Crippen LogP contribution in [0.25, 0.3) is 10.9 Å². The highest BCUT2D eigenvalue weighted by Gasteiger charge is 2.07. The van der Waals surface area contributed by atoms with E-state index < -0.39 is 11.4 Å². The van der Waals surface area contributed by atoms with Crippen molar-refractivity contribution >= 4 is 10.9 Å². The molecule has 0 saturated heterocycles. The van der Waals surface area contributed by atoms with Crippen molar-refractivity contribution in [1.82, 2.24) is 4.57 Å². The second kappa shape index (κ2) is 3.08. The topological polar surface area (TPSA) is 52.2 Å². The van der Waals surface area contributed by atoms with Gasteiger partial charge in [-0.15, -0.1) is 0 Å². The van der Waals surface area contributed by atoms with Crippen LogP contribution in [-0.4, -0.2) is 4.57 Å². The van der Waals surface area contributed by atoms with E-state index in [-0.39, 0.29) is 0 Å². The molecule has 0 amide bonds. The summed E-state index contributed by atoms with van der Waals surface area (Å²) in [5.74, 6) is -0.629. The predicted octanol–water partition coefficient (Wildman–Crippen LogP) is 1.11. The Morgan fingerprint density at radius 3 is 2.40 bits per heavy atom. The number of hydrogen-bond acceptors (Lipinski definition) is 3. The van der Waals surface area contributed by atoms with Crippen LogP contribution in [0.1, 0.15) is 11.1 Å². The van der Waals surface area contributed by atoms with E-state index in [9.17, 15) is 9.59 Å². The standard InChI is InChI=1S/C11H11NO3/c1-6-4-8-9(5-7(6)2)12(3)11(14)15-10(8)13/h4-5H,1-3H3. The zero-order valence-electron chi connectivity index (χ0n) is 8.83. The molecule has 0 aliphatic heterocycles. The maximum Gasteiger partial charge on any atom is 0.422 e. The lowest BCUT2D eigenvalue weighted by Crippen LogP contribution is -2.22. The quantitative estimate of drug-likeness (QED) is 0.647. The molecular formula is C11H11NO3. The maximum atomic E-state index is 11.4. The summed E-state index contributed by atoms with van der Waals surface area (Å²) < 4.78 is 5.90. The first-order valence-electron chi connectivity index (χ1n) is 4.62. The van der Waals surface area contributed by atoms with Crippen LogP contribution < -0.4 is 11.4 Å². The summed E-state index contributed by atoms with van der Waals surface area (Å²) >= 11 is 0. The lowest BCUT2D eigenvalue weighted by molar-refractivity contribution is 0.433. The molecule has 0 saturated carbocycles. The van der Waals surface area contributed by atoms with Gasteiger partial charge in [-0.25, -0.2) is 9.59 Å². The van der Waals surface area contributed by atoms with E-state index in [1.165, 1.54) is 4.57 Å². The van der Waals surface area contributed by atoms with Crippen LogP contribution in [0.2, 0.25) is 0 Å². The van der Waals surface area contributed by atoms with Gasteiger partial charge in [-0.05, 0) is 37.1 Å². The highest BCUT2D eigenvalue weighted by molar-refractivity contribution is 5.79. The third-order valence-corrected chi connectivity index (χ3v) is 2.65. The summed E-state index contributed by atoms with van der Waals surface area (Å²) in [4.78, 5) is 22.7. The molecule has 0 N–H and O–H groups in total. The maximum absolute atomic E-state index is 11.4. The molecule has 4 nitrogen and oxygen atoms in total. The molecule has 15 heavy (non-hydrogen) atoms. The predicted molar refractivity (Wildman–Crippen MR) is 57.2 cm³/mol. The molecular weight excluding hydrogens is 194 g/mol. The van der Waals surface area contributed by atoms with Crippen LogP contribution in [0.3, 0.4) is 0 Å². The Morgan fingerprint density at radius 2 is 1.73 bits per heavy atom. The summed E-state index contributed by atoms with van der Waals surface area (Å²) in [6, 6.07) is 3.57. The fourth-order valence-electron chi connectivity index (χ4n) is 1.54. The van der Waals surface area contributed by atoms with Crippen molar-refractivity contribution < 1.29 is 4.42 Å². The monoisotopic (exact) mass is 205 g/mol. The molecule has 0 fully saturated rings. The van der Waals surface area contributed by atoms with Crippen molar-refractivity contribution in [3.63, 3.8) is 0 Å². The Labute approximate surface area is 85.8 Å². The van der Waals surface area contributed by atoms with Crippen molar-refractivity contribution in [2.24, 2.45) is 7.05 Å². The van der Waals surface area contributed by atoms with E-state index in [0.29, 0.717) is 10.9 Å². The van der Waals surface area contributed by atoms with Crippen molar-refractivity contribution in [3.8, 4) is 0 Å².